The van der Waals surface area contributed by atoms with Gasteiger partial charge >= 0.3 is 0 Å². The topological polar surface area (TPSA) is 46.0 Å². The van der Waals surface area contributed by atoms with Crippen LogP contribution in [0.3, 0.4) is 0 Å². The minimum atomic E-state index is 0.0997. The van der Waals surface area contributed by atoms with Crippen LogP contribution in [0.2, 0.25) is 0 Å². The summed E-state index contributed by atoms with van der Waals surface area (Å²) in [6, 6.07) is 14.0. The van der Waals surface area contributed by atoms with Crippen LogP contribution in [0.5, 0.6) is 0 Å². The van der Waals surface area contributed by atoms with Crippen LogP contribution in [0.4, 0.5) is 0 Å². The van der Waals surface area contributed by atoms with E-state index in [1.54, 1.807) is 17.5 Å². The highest BCUT2D eigenvalue weighted by atomic mass is 32.2. The van der Waals surface area contributed by atoms with E-state index < -0.39 is 0 Å². The summed E-state index contributed by atoms with van der Waals surface area (Å²) in [6.07, 6.45) is 1.79. The minimum Gasteiger partial charge on any atom is -0.392 e. The van der Waals surface area contributed by atoms with Crippen LogP contribution in [0.1, 0.15) is 16.8 Å². The molecule has 0 aliphatic heterocycles. The van der Waals surface area contributed by atoms with Crippen molar-refractivity contribution in [2.75, 3.05) is 0 Å². The third kappa shape index (κ3) is 3.94. The largest absolute Gasteiger partial charge is 0.392 e. The minimum absolute atomic E-state index is 0.0997. The molecule has 0 saturated heterocycles. The monoisotopic (exact) mass is 328 g/mol. The quantitative estimate of drug-likeness (QED) is 0.739. The zero-order chi connectivity index (χ0) is 15.2. The lowest BCUT2D eigenvalue weighted by atomic mass is 10.2. The van der Waals surface area contributed by atoms with Gasteiger partial charge in [-0.05, 0) is 23.3 Å². The Morgan fingerprint density at radius 1 is 1.00 bits per heavy atom. The summed E-state index contributed by atoms with van der Waals surface area (Å²) >= 11 is 3.48. The highest BCUT2D eigenvalue weighted by Gasteiger charge is 2.05. The molecule has 0 spiro atoms. The lowest BCUT2D eigenvalue weighted by molar-refractivity contribution is 0.282. The van der Waals surface area contributed by atoms with Crippen molar-refractivity contribution in [3.63, 3.8) is 0 Å². The van der Waals surface area contributed by atoms with Crippen LogP contribution >= 0.6 is 23.1 Å². The van der Waals surface area contributed by atoms with Gasteiger partial charge in [-0.25, -0.2) is 4.98 Å². The van der Waals surface area contributed by atoms with E-state index in [0.29, 0.717) is 0 Å². The second kappa shape index (κ2) is 7.54. The van der Waals surface area contributed by atoms with Crippen molar-refractivity contribution in [3.05, 3.63) is 70.9 Å². The average molecular weight is 328 g/mol. The van der Waals surface area contributed by atoms with E-state index in [4.69, 9.17) is 5.11 Å². The number of nitrogens with zero attached hydrogens (tertiary/aromatic N) is 2. The van der Waals surface area contributed by atoms with E-state index in [9.17, 15) is 0 Å². The molecule has 0 fully saturated rings. The maximum atomic E-state index is 9.03. The number of aliphatic hydroxyl groups is 1. The summed E-state index contributed by atoms with van der Waals surface area (Å²) in [5.41, 5.74) is 4.25. The van der Waals surface area contributed by atoms with Gasteiger partial charge in [-0.3, -0.25) is 4.98 Å². The summed E-state index contributed by atoms with van der Waals surface area (Å²) in [7, 11) is 0. The Bertz CT molecular complexity index is 711. The fraction of sp³-hybridized carbons (Fsp3) is 0.176. The van der Waals surface area contributed by atoms with E-state index in [0.717, 1.165) is 33.5 Å². The standard InChI is InChI=1S/C17H16N2OS2/c20-9-13-4-6-14(7-5-13)10-21-11-15-12-22-17(19-15)16-3-1-2-8-18-16/h1-8,12,20H,9-11H2. The molecule has 22 heavy (non-hydrogen) atoms. The number of thiazole rings is 1. The molecule has 5 heteroatoms. The van der Waals surface area contributed by atoms with Crippen molar-refractivity contribution in [1.82, 2.24) is 9.97 Å². The van der Waals surface area contributed by atoms with E-state index in [1.807, 2.05) is 42.1 Å². The van der Waals surface area contributed by atoms with Gasteiger partial charge in [0.2, 0.25) is 0 Å². The molecule has 0 bridgehead atoms. The Balaban J connectivity index is 1.54. The zero-order valence-corrected chi connectivity index (χ0v) is 13.6. The Morgan fingerprint density at radius 2 is 1.82 bits per heavy atom. The lowest BCUT2D eigenvalue weighted by Crippen LogP contribution is -1.87. The van der Waals surface area contributed by atoms with Crippen LogP contribution in [0.25, 0.3) is 10.7 Å². The first-order chi connectivity index (χ1) is 10.8. The van der Waals surface area contributed by atoms with Crippen molar-refractivity contribution in [2.45, 2.75) is 18.1 Å². The van der Waals surface area contributed by atoms with Gasteiger partial charge in [0, 0.05) is 23.1 Å². The number of hydrogen-bond donors (Lipinski definition) is 1. The van der Waals surface area contributed by atoms with Crippen LogP contribution in [-0.2, 0) is 18.1 Å². The second-order valence-corrected chi connectivity index (χ2v) is 6.67. The zero-order valence-electron chi connectivity index (χ0n) is 12.0. The van der Waals surface area contributed by atoms with Crippen molar-refractivity contribution >= 4 is 23.1 Å². The molecule has 3 nitrogen and oxygen atoms in total. The van der Waals surface area contributed by atoms with Gasteiger partial charge in [-0.2, -0.15) is 11.8 Å². The molecule has 1 N–H and O–H groups in total. The Labute approximate surface area is 138 Å². The summed E-state index contributed by atoms with van der Waals surface area (Å²) in [5.74, 6) is 1.84. The number of hydrogen-bond acceptors (Lipinski definition) is 5. The first-order valence-electron chi connectivity index (χ1n) is 6.97. The number of aromatic nitrogens is 2. The molecular weight excluding hydrogens is 312 g/mol. The molecule has 0 unspecified atom stereocenters. The maximum absolute atomic E-state index is 9.03. The molecule has 3 aromatic rings. The molecule has 0 radical (unpaired) electrons. The first kappa shape index (κ1) is 15.2. The normalized spacial score (nSPS) is 10.8. The molecule has 2 heterocycles. The number of rotatable bonds is 6. The van der Waals surface area contributed by atoms with Crippen molar-refractivity contribution in [1.29, 1.82) is 0 Å². The van der Waals surface area contributed by atoms with E-state index >= 15 is 0 Å². The van der Waals surface area contributed by atoms with Crippen LogP contribution in [0.15, 0.2) is 54.0 Å². The number of benzene rings is 1. The maximum Gasteiger partial charge on any atom is 0.142 e. The van der Waals surface area contributed by atoms with Gasteiger partial charge in [0.25, 0.3) is 0 Å². The number of thioether (sulfide) groups is 1. The van der Waals surface area contributed by atoms with Crippen molar-refractivity contribution in [2.24, 2.45) is 0 Å². The van der Waals surface area contributed by atoms with Crippen molar-refractivity contribution < 1.29 is 5.11 Å². The Hall–Kier alpha value is -1.69. The molecule has 0 atom stereocenters. The molecular formula is C17H16N2OS2. The average Bonchev–Trinajstić information content (AvgIpc) is 3.05. The fourth-order valence-electron chi connectivity index (χ4n) is 1.99. The predicted octanol–water partition coefficient (Wildman–Crippen LogP) is 4.13. The predicted molar refractivity (Wildman–Crippen MR) is 92.7 cm³/mol. The second-order valence-electron chi connectivity index (χ2n) is 4.83. The molecule has 0 aliphatic carbocycles. The number of aliphatic hydroxyl groups excluding tert-OH is 1. The molecule has 2 aromatic heterocycles. The third-order valence-corrected chi connectivity index (χ3v) is 5.11. The van der Waals surface area contributed by atoms with Gasteiger partial charge in [-0.15, -0.1) is 11.3 Å². The molecule has 3 rings (SSSR count). The van der Waals surface area contributed by atoms with Gasteiger partial charge in [-0.1, -0.05) is 30.3 Å². The fourth-order valence-corrected chi connectivity index (χ4v) is 3.78. The molecule has 0 amide bonds. The summed E-state index contributed by atoms with van der Waals surface area (Å²) < 4.78 is 0. The molecule has 0 aliphatic rings. The Kier molecular flexibility index (Phi) is 5.21. The lowest BCUT2D eigenvalue weighted by Gasteiger charge is -2.02. The number of pyridine rings is 1. The molecule has 112 valence electrons. The van der Waals surface area contributed by atoms with Crippen LogP contribution in [-0.4, -0.2) is 15.1 Å². The third-order valence-electron chi connectivity index (χ3n) is 3.16. The smallest absolute Gasteiger partial charge is 0.142 e. The van der Waals surface area contributed by atoms with Gasteiger partial charge in [0.05, 0.1) is 18.0 Å². The summed E-state index contributed by atoms with van der Waals surface area (Å²) in [5, 5.41) is 12.1. The summed E-state index contributed by atoms with van der Waals surface area (Å²) in [4.78, 5) is 8.97. The summed E-state index contributed by atoms with van der Waals surface area (Å²) in [6.45, 7) is 0.0997. The molecule has 0 saturated carbocycles. The molecule has 1 aromatic carbocycles. The van der Waals surface area contributed by atoms with Crippen LogP contribution in [0, 0.1) is 0 Å². The van der Waals surface area contributed by atoms with E-state index in [-0.39, 0.29) is 6.61 Å². The van der Waals surface area contributed by atoms with Gasteiger partial charge in [0.15, 0.2) is 0 Å². The van der Waals surface area contributed by atoms with Crippen molar-refractivity contribution in [3.8, 4) is 10.7 Å². The SMILES string of the molecule is OCc1ccc(CSCc2csc(-c3ccccn3)n2)cc1. The highest BCUT2D eigenvalue weighted by molar-refractivity contribution is 7.97. The Morgan fingerprint density at radius 3 is 2.55 bits per heavy atom. The van der Waals surface area contributed by atoms with E-state index in [2.05, 4.69) is 27.5 Å². The highest BCUT2D eigenvalue weighted by Crippen LogP contribution is 2.24. The van der Waals surface area contributed by atoms with Gasteiger partial charge in [0.1, 0.15) is 5.01 Å². The van der Waals surface area contributed by atoms with Crippen LogP contribution < -0.4 is 0 Å². The van der Waals surface area contributed by atoms with Gasteiger partial charge < -0.3 is 5.11 Å². The first-order valence-corrected chi connectivity index (χ1v) is 9.01. The van der Waals surface area contributed by atoms with E-state index in [1.165, 1.54) is 5.56 Å².